The van der Waals surface area contributed by atoms with E-state index in [-0.39, 0.29) is 18.8 Å². The Hall–Kier alpha value is -1.65. The first-order valence-corrected chi connectivity index (χ1v) is 3.91. The van der Waals surface area contributed by atoms with E-state index in [2.05, 4.69) is 14.9 Å². The number of rotatable bonds is 4. The molecule has 0 aliphatic rings. The van der Waals surface area contributed by atoms with Crippen LogP contribution in [0.15, 0.2) is 12.4 Å². The molecule has 0 spiro atoms. The van der Waals surface area contributed by atoms with Gasteiger partial charge < -0.3 is 4.74 Å². The average molecular weight is 182 g/mol. The SMILES string of the molecule is CCOC(=O)CC(=O)c1cn[nH]c1. The molecule has 0 aliphatic heterocycles. The lowest BCUT2D eigenvalue weighted by molar-refractivity contribution is -0.141. The molecular formula is C8H10N2O3. The number of carbonyl (C=O) groups is 2. The molecule has 5 nitrogen and oxygen atoms in total. The Balaban J connectivity index is 2.47. The van der Waals surface area contributed by atoms with Crippen molar-refractivity contribution in [1.82, 2.24) is 10.2 Å². The van der Waals surface area contributed by atoms with Crippen LogP contribution in [0, 0.1) is 0 Å². The Bertz CT molecular complexity index is 292. The molecule has 0 aliphatic carbocycles. The van der Waals surface area contributed by atoms with Crippen LogP contribution in [0.2, 0.25) is 0 Å². The monoisotopic (exact) mass is 182 g/mol. The van der Waals surface area contributed by atoms with Crippen molar-refractivity contribution in [3.8, 4) is 0 Å². The van der Waals surface area contributed by atoms with Gasteiger partial charge in [-0.3, -0.25) is 14.7 Å². The third-order valence-corrected chi connectivity index (χ3v) is 1.43. The lowest BCUT2D eigenvalue weighted by atomic mass is 10.2. The van der Waals surface area contributed by atoms with Crippen molar-refractivity contribution in [2.24, 2.45) is 0 Å². The first-order valence-electron chi connectivity index (χ1n) is 3.91. The fourth-order valence-corrected chi connectivity index (χ4v) is 0.849. The summed E-state index contributed by atoms with van der Waals surface area (Å²) in [6.07, 6.45) is 2.59. The van der Waals surface area contributed by atoms with Crippen molar-refractivity contribution in [2.75, 3.05) is 6.61 Å². The molecule has 13 heavy (non-hydrogen) atoms. The highest BCUT2D eigenvalue weighted by molar-refractivity contribution is 6.05. The summed E-state index contributed by atoms with van der Waals surface area (Å²) in [6, 6.07) is 0. The average Bonchev–Trinajstić information content (AvgIpc) is 2.55. The zero-order valence-corrected chi connectivity index (χ0v) is 7.24. The van der Waals surface area contributed by atoms with E-state index in [4.69, 9.17) is 0 Å². The van der Waals surface area contributed by atoms with Crippen molar-refractivity contribution >= 4 is 11.8 Å². The van der Waals surface area contributed by atoms with Gasteiger partial charge in [-0.2, -0.15) is 5.10 Å². The summed E-state index contributed by atoms with van der Waals surface area (Å²) in [4.78, 5) is 22.1. The maximum Gasteiger partial charge on any atom is 0.313 e. The number of ketones is 1. The van der Waals surface area contributed by atoms with Gasteiger partial charge in [0.1, 0.15) is 6.42 Å². The molecule has 0 bridgehead atoms. The minimum Gasteiger partial charge on any atom is -0.466 e. The molecule has 0 unspecified atom stereocenters. The first kappa shape index (κ1) is 9.44. The highest BCUT2D eigenvalue weighted by Crippen LogP contribution is 2.00. The topological polar surface area (TPSA) is 72.1 Å². The molecule has 0 atom stereocenters. The van der Waals surface area contributed by atoms with Gasteiger partial charge in [-0.1, -0.05) is 0 Å². The molecule has 1 aromatic heterocycles. The second-order valence-corrected chi connectivity index (χ2v) is 2.39. The lowest BCUT2D eigenvalue weighted by Gasteiger charge is -1.98. The summed E-state index contributed by atoms with van der Waals surface area (Å²) in [5.74, 6) is -0.791. The Labute approximate surface area is 75.1 Å². The van der Waals surface area contributed by atoms with Gasteiger partial charge in [0.25, 0.3) is 0 Å². The van der Waals surface area contributed by atoms with Gasteiger partial charge in [-0.25, -0.2) is 0 Å². The van der Waals surface area contributed by atoms with Gasteiger partial charge in [-0.05, 0) is 6.92 Å². The standard InChI is InChI=1S/C8H10N2O3/c1-2-13-8(12)3-7(11)6-4-9-10-5-6/h4-5H,2-3H2,1H3,(H,9,10). The highest BCUT2D eigenvalue weighted by atomic mass is 16.5. The van der Waals surface area contributed by atoms with E-state index >= 15 is 0 Å². The maximum atomic E-state index is 11.2. The van der Waals surface area contributed by atoms with E-state index < -0.39 is 5.97 Å². The number of aromatic nitrogens is 2. The van der Waals surface area contributed by atoms with Crippen molar-refractivity contribution in [3.63, 3.8) is 0 Å². The van der Waals surface area contributed by atoms with Crippen molar-refractivity contribution in [3.05, 3.63) is 18.0 Å². The number of nitrogens with zero attached hydrogens (tertiary/aromatic N) is 1. The van der Waals surface area contributed by atoms with Crippen LogP contribution in [0.5, 0.6) is 0 Å². The van der Waals surface area contributed by atoms with Gasteiger partial charge in [0.2, 0.25) is 0 Å². The molecule has 70 valence electrons. The molecule has 0 radical (unpaired) electrons. The summed E-state index contributed by atoms with van der Waals surface area (Å²) in [7, 11) is 0. The highest BCUT2D eigenvalue weighted by Gasteiger charge is 2.12. The van der Waals surface area contributed by atoms with E-state index in [1.165, 1.54) is 12.4 Å². The van der Waals surface area contributed by atoms with Crippen molar-refractivity contribution in [2.45, 2.75) is 13.3 Å². The molecule has 0 saturated heterocycles. The quantitative estimate of drug-likeness (QED) is 0.419. The van der Waals surface area contributed by atoms with Crippen molar-refractivity contribution in [1.29, 1.82) is 0 Å². The van der Waals surface area contributed by atoms with Crippen LogP contribution in [-0.4, -0.2) is 28.6 Å². The Morgan fingerprint density at radius 1 is 1.62 bits per heavy atom. The second kappa shape index (κ2) is 4.39. The van der Waals surface area contributed by atoms with Gasteiger partial charge in [0, 0.05) is 6.20 Å². The summed E-state index contributed by atoms with van der Waals surface area (Å²) >= 11 is 0. The van der Waals surface area contributed by atoms with E-state index in [0.29, 0.717) is 5.56 Å². The molecule has 0 saturated carbocycles. The second-order valence-electron chi connectivity index (χ2n) is 2.39. The summed E-state index contributed by atoms with van der Waals surface area (Å²) < 4.78 is 4.62. The first-order chi connectivity index (χ1) is 6.24. The predicted octanol–water partition coefficient (Wildman–Crippen LogP) is 0.546. The summed E-state index contributed by atoms with van der Waals surface area (Å²) in [6.45, 7) is 1.98. The Kier molecular flexibility index (Phi) is 3.19. The number of hydrogen-bond acceptors (Lipinski definition) is 4. The Morgan fingerprint density at radius 2 is 2.38 bits per heavy atom. The zero-order chi connectivity index (χ0) is 9.68. The fraction of sp³-hybridized carbons (Fsp3) is 0.375. The normalized spacial score (nSPS) is 9.62. The number of carbonyl (C=O) groups excluding carboxylic acids is 2. The van der Waals surface area contributed by atoms with Gasteiger partial charge in [0.05, 0.1) is 18.4 Å². The molecule has 1 N–H and O–H groups in total. The largest absolute Gasteiger partial charge is 0.466 e. The van der Waals surface area contributed by atoms with Gasteiger partial charge >= 0.3 is 5.97 Å². The smallest absolute Gasteiger partial charge is 0.313 e. The number of esters is 1. The number of aromatic amines is 1. The molecular weight excluding hydrogens is 172 g/mol. The number of hydrogen-bond donors (Lipinski definition) is 1. The number of Topliss-reactive ketones (excluding diaryl/α,β-unsaturated/α-hetero) is 1. The van der Waals surface area contributed by atoms with Gasteiger partial charge in [0.15, 0.2) is 5.78 Å². The van der Waals surface area contributed by atoms with Crippen molar-refractivity contribution < 1.29 is 14.3 Å². The summed E-state index contributed by atoms with van der Waals surface area (Å²) in [5.41, 5.74) is 0.396. The molecule has 0 aromatic carbocycles. The van der Waals surface area contributed by atoms with Crippen LogP contribution in [0.4, 0.5) is 0 Å². The molecule has 5 heteroatoms. The third kappa shape index (κ3) is 2.70. The van der Waals surface area contributed by atoms with E-state index in [1.54, 1.807) is 6.92 Å². The van der Waals surface area contributed by atoms with E-state index in [9.17, 15) is 9.59 Å². The van der Waals surface area contributed by atoms with Crippen LogP contribution in [0.1, 0.15) is 23.7 Å². The number of ether oxygens (including phenoxy) is 1. The zero-order valence-electron chi connectivity index (χ0n) is 7.24. The van der Waals surface area contributed by atoms with E-state index in [0.717, 1.165) is 0 Å². The number of H-pyrrole nitrogens is 1. The minimum atomic E-state index is -0.506. The maximum absolute atomic E-state index is 11.2. The lowest BCUT2D eigenvalue weighted by Crippen LogP contribution is -2.10. The van der Waals surface area contributed by atoms with Crippen LogP contribution < -0.4 is 0 Å². The van der Waals surface area contributed by atoms with Crippen LogP contribution in [-0.2, 0) is 9.53 Å². The molecule has 1 heterocycles. The summed E-state index contributed by atoms with van der Waals surface area (Å²) in [5, 5.41) is 6.09. The fourth-order valence-electron chi connectivity index (χ4n) is 0.849. The molecule has 1 aromatic rings. The molecule has 0 amide bonds. The third-order valence-electron chi connectivity index (χ3n) is 1.43. The number of nitrogens with one attached hydrogen (secondary N) is 1. The predicted molar refractivity (Wildman–Crippen MR) is 44.2 cm³/mol. The minimum absolute atomic E-state index is 0.229. The molecule has 1 rings (SSSR count). The van der Waals surface area contributed by atoms with Crippen LogP contribution >= 0.6 is 0 Å². The van der Waals surface area contributed by atoms with Crippen LogP contribution in [0.25, 0.3) is 0 Å². The molecule has 0 fully saturated rings. The Morgan fingerprint density at radius 3 is 2.92 bits per heavy atom. The van der Waals surface area contributed by atoms with E-state index in [1.807, 2.05) is 0 Å². The van der Waals surface area contributed by atoms with Gasteiger partial charge in [-0.15, -0.1) is 0 Å². The van der Waals surface area contributed by atoms with Crippen LogP contribution in [0.3, 0.4) is 0 Å².